The fourth-order valence-corrected chi connectivity index (χ4v) is 1.91. The van der Waals surface area contributed by atoms with Crippen molar-refractivity contribution in [1.82, 2.24) is 10.3 Å². The molecule has 0 atom stereocenters. The maximum atomic E-state index is 13.4. The first-order valence-corrected chi connectivity index (χ1v) is 6.86. The number of nitrogens with zero attached hydrogens (tertiary/aromatic N) is 2. The lowest BCUT2D eigenvalue weighted by Gasteiger charge is -2.09. The van der Waals surface area contributed by atoms with Crippen LogP contribution in [0.1, 0.15) is 21.6 Å². The van der Waals surface area contributed by atoms with E-state index in [4.69, 9.17) is 5.26 Å². The lowest BCUT2D eigenvalue weighted by molar-refractivity contribution is 0.0946. The largest absolute Gasteiger partial charge is 0.368 e. The van der Waals surface area contributed by atoms with Crippen LogP contribution in [0.4, 0.5) is 14.6 Å². The van der Waals surface area contributed by atoms with Crippen molar-refractivity contribution in [1.29, 1.82) is 5.26 Å². The first-order valence-electron chi connectivity index (χ1n) is 6.86. The normalized spacial score (nSPS) is 10.0. The number of rotatable bonds is 5. The Balaban J connectivity index is 1.88. The fraction of sp³-hybridized carbons (Fsp3) is 0.188. The quantitative estimate of drug-likeness (QED) is 0.830. The van der Waals surface area contributed by atoms with E-state index in [1.165, 1.54) is 6.07 Å². The van der Waals surface area contributed by atoms with Gasteiger partial charge in [0.1, 0.15) is 34.8 Å². The number of amides is 1. The number of aryl methyl sites for hydroxylation is 1. The Morgan fingerprint density at radius 2 is 1.91 bits per heavy atom. The van der Waals surface area contributed by atoms with Gasteiger partial charge in [-0.05, 0) is 30.7 Å². The van der Waals surface area contributed by atoms with E-state index in [0.717, 1.165) is 17.7 Å². The second-order valence-corrected chi connectivity index (χ2v) is 4.75. The van der Waals surface area contributed by atoms with Crippen LogP contribution >= 0.6 is 0 Å². The number of anilines is 1. The van der Waals surface area contributed by atoms with Gasteiger partial charge in [-0.15, -0.1) is 0 Å². The molecule has 2 rings (SSSR count). The molecule has 0 unspecified atom stereocenters. The van der Waals surface area contributed by atoms with E-state index >= 15 is 0 Å². The molecule has 0 bridgehead atoms. The van der Waals surface area contributed by atoms with E-state index < -0.39 is 23.1 Å². The van der Waals surface area contributed by atoms with Gasteiger partial charge < -0.3 is 10.6 Å². The van der Waals surface area contributed by atoms with E-state index in [9.17, 15) is 13.6 Å². The van der Waals surface area contributed by atoms with Gasteiger partial charge in [-0.1, -0.05) is 12.1 Å². The molecule has 0 radical (unpaired) electrons. The molecule has 23 heavy (non-hydrogen) atoms. The van der Waals surface area contributed by atoms with Crippen LogP contribution in [0.2, 0.25) is 0 Å². The molecule has 0 aliphatic heterocycles. The van der Waals surface area contributed by atoms with Gasteiger partial charge in [-0.25, -0.2) is 13.8 Å². The van der Waals surface area contributed by atoms with E-state index in [2.05, 4.69) is 15.6 Å². The van der Waals surface area contributed by atoms with Gasteiger partial charge in [0.05, 0.1) is 0 Å². The summed E-state index contributed by atoms with van der Waals surface area (Å²) in [6.45, 7) is 2.21. The molecule has 0 aliphatic carbocycles. The van der Waals surface area contributed by atoms with Crippen LogP contribution in [0.3, 0.4) is 0 Å². The third-order valence-corrected chi connectivity index (χ3v) is 3.11. The molecule has 7 heteroatoms. The minimum atomic E-state index is -0.908. The summed E-state index contributed by atoms with van der Waals surface area (Å²) in [4.78, 5) is 15.9. The summed E-state index contributed by atoms with van der Waals surface area (Å²) < 4.78 is 26.9. The van der Waals surface area contributed by atoms with Crippen LogP contribution in [0.5, 0.6) is 0 Å². The SMILES string of the molecule is Cc1ccc(NCCNC(=O)c2c(F)cccc2F)nc1C#N. The number of nitriles is 1. The van der Waals surface area contributed by atoms with Crippen LogP contribution in [-0.4, -0.2) is 24.0 Å². The molecular formula is C16H14F2N4O. The zero-order valence-corrected chi connectivity index (χ0v) is 12.4. The number of hydrogen-bond acceptors (Lipinski definition) is 4. The minimum absolute atomic E-state index is 0.143. The number of benzene rings is 1. The predicted molar refractivity (Wildman–Crippen MR) is 80.9 cm³/mol. The van der Waals surface area contributed by atoms with Gasteiger partial charge in [-0.2, -0.15) is 5.26 Å². The Kier molecular flexibility index (Phi) is 5.20. The Morgan fingerprint density at radius 1 is 1.22 bits per heavy atom. The van der Waals surface area contributed by atoms with Crippen LogP contribution in [0.25, 0.3) is 0 Å². The van der Waals surface area contributed by atoms with Crippen molar-refractivity contribution in [3.8, 4) is 6.07 Å². The van der Waals surface area contributed by atoms with E-state index in [0.29, 0.717) is 18.1 Å². The summed E-state index contributed by atoms with van der Waals surface area (Å²) in [7, 11) is 0. The zero-order chi connectivity index (χ0) is 16.8. The molecule has 2 aromatic rings. The molecule has 1 aromatic heterocycles. The molecule has 1 aromatic carbocycles. The Hall–Kier alpha value is -3.01. The molecule has 0 aliphatic rings. The number of nitrogens with one attached hydrogen (secondary N) is 2. The van der Waals surface area contributed by atoms with Gasteiger partial charge >= 0.3 is 0 Å². The molecule has 0 saturated heterocycles. The summed E-state index contributed by atoms with van der Waals surface area (Å²) in [5.41, 5.74) is 0.474. The van der Waals surface area contributed by atoms with Gasteiger partial charge in [0.15, 0.2) is 0 Å². The third-order valence-electron chi connectivity index (χ3n) is 3.11. The molecule has 2 N–H and O–H groups in total. The lowest BCUT2D eigenvalue weighted by atomic mass is 10.2. The van der Waals surface area contributed by atoms with Crippen molar-refractivity contribution in [2.45, 2.75) is 6.92 Å². The van der Waals surface area contributed by atoms with Crippen molar-refractivity contribution >= 4 is 11.7 Å². The summed E-state index contributed by atoms with van der Waals surface area (Å²) >= 11 is 0. The number of carbonyl (C=O) groups excluding carboxylic acids is 1. The third kappa shape index (κ3) is 4.01. The summed E-state index contributed by atoms with van der Waals surface area (Å²) in [5, 5.41) is 14.2. The molecule has 118 valence electrons. The maximum absolute atomic E-state index is 13.4. The van der Waals surface area contributed by atoms with E-state index in [-0.39, 0.29) is 6.54 Å². The number of hydrogen-bond donors (Lipinski definition) is 2. The molecule has 0 saturated carbocycles. The van der Waals surface area contributed by atoms with Crippen LogP contribution in [-0.2, 0) is 0 Å². The van der Waals surface area contributed by atoms with Gasteiger partial charge in [0.2, 0.25) is 0 Å². The molecular weight excluding hydrogens is 302 g/mol. The average Bonchev–Trinajstić information content (AvgIpc) is 2.52. The zero-order valence-electron chi connectivity index (χ0n) is 12.4. The molecule has 0 spiro atoms. The molecule has 0 fully saturated rings. The predicted octanol–water partition coefficient (Wildman–Crippen LogP) is 2.38. The highest BCUT2D eigenvalue weighted by atomic mass is 19.1. The smallest absolute Gasteiger partial charge is 0.257 e. The van der Waals surface area contributed by atoms with Crippen molar-refractivity contribution in [2.24, 2.45) is 0 Å². The average molecular weight is 316 g/mol. The standard InChI is InChI=1S/C16H14F2N4O/c1-10-5-6-14(22-13(10)9-19)20-7-8-21-16(23)15-11(17)3-2-4-12(15)18/h2-6H,7-8H2,1H3,(H,20,22)(H,21,23). The second kappa shape index (κ2) is 7.31. The van der Waals surface area contributed by atoms with Crippen LogP contribution < -0.4 is 10.6 Å². The molecule has 1 amide bonds. The summed E-state index contributed by atoms with van der Waals surface area (Å²) in [5.74, 6) is -2.15. The van der Waals surface area contributed by atoms with E-state index in [1.807, 2.05) is 6.07 Å². The number of halogens is 2. The first kappa shape index (κ1) is 16.4. The van der Waals surface area contributed by atoms with Crippen molar-refractivity contribution in [3.63, 3.8) is 0 Å². The van der Waals surface area contributed by atoms with Crippen molar-refractivity contribution in [3.05, 3.63) is 58.8 Å². The Morgan fingerprint density at radius 3 is 2.57 bits per heavy atom. The topological polar surface area (TPSA) is 77.8 Å². The molecule has 1 heterocycles. The van der Waals surface area contributed by atoms with Crippen molar-refractivity contribution in [2.75, 3.05) is 18.4 Å². The van der Waals surface area contributed by atoms with Crippen LogP contribution in [0, 0.1) is 29.9 Å². The van der Waals surface area contributed by atoms with Gasteiger partial charge in [-0.3, -0.25) is 4.79 Å². The maximum Gasteiger partial charge on any atom is 0.257 e. The summed E-state index contributed by atoms with van der Waals surface area (Å²) in [6, 6.07) is 8.67. The Labute approximate surface area is 132 Å². The summed E-state index contributed by atoms with van der Waals surface area (Å²) in [6.07, 6.45) is 0. The highest BCUT2D eigenvalue weighted by molar-refractivity contribution is 5.94. The van der Waals surface area contributed by atoms with Gasteiger partial charge in [0, 0.05) is 13.1 Å². The van der Waals surface area contributed by atoms with Gasteiger partial charge in [0.25, 0.3) is 5.91 Å². The number of carbonyl (C=O) groups is 1. The van der Waals surface area contributed by atoms with Crippen molar-refractivity contribution < 1.29 is 13.6 Å². The fourth-order valence-electron chi connectivity index (χ4n) is 1.91. The first-order chi connectivity index (χ1) is 11.0. The minimum Gasteiger partial charge on any atom is -0.368 e. The highest BCUT2D eigenvalue weighted by Crippen LogP contribution is 2.11. The van der Waals surface area contributed by atoms with Crippen LogP contribution in [0.15, 0.2) is 30.3 Å². The highest BCUT2D eigenvalue weighted by Gasteiger charge is 2.16. The second-order valence-electron chi connectivity index (χ2n) is 4.75. The number of aromatic nitrogens is 1. The monoisotopic (exact) mass is 316 g/mol. The Bertz CT molecular complexity index is 751. The number of pyridine rings is 1. The lowest BCUT2D eigenvalue weighted by Crippen LogP contribution is -2.30. The molecule has 5 nitrogen and oxygen atoms in total. The van der Waals surface area contributed by atoms with E-state index in [1.54, 1.807) is 19.1 Å².